The van der Waals surface area contributed by atoms with E-state index in [0.29, 0.717) is 0 Å². The van der Waals surface area contributed by atoms with Gasteiger partial charge in [0.15, 0.2) is 11.7 Å². The minimum atomic E-state index is -4.79. The van der Waals surface area contributed by atoms with E-state index in [0.717, 1.165) is 0 Å². The zero-order valence-electron chi connectivity index (χ0n) is 11.6. The summed E-state index contributed by atoms with van der Waals surface area (Å²) in [6.45, 7) is 3.73. The van der Waals surface area contributed by atoms with Crippen LogP contribution >= 0.6 is 0 Å². The first kappa shape index (κ1) is 16.7. The Morgan fingerprint density at radius 3 is 2.52 bits per heavy atom. The van der Waals surface area contributed by atoms with Crippen molar-refractivity contribution >= 4 is 11.6 Å². The monoisotopic (exact) mass is 299 g/mol. The van der Waals surface area contributed by atoms with Crippen LogP contribution < -0.4 is 15.8 Å². The molecule has 21 heavy (non-hydrogen) atoms. The van der Waals surface area contributed by atoms with E-state index in [2.05, 4.69) is 21.0 Å². The van der Waals surface area contributed by atoms with Crippen LogP contribution in [0, 0.1) is 18.3 Å². The Morgan fingerprint density at radius 2 is 2.00 bits per heavy atom. The molecule has 0 saturated carbocycles. The Bertz CT molecular complexity index is 547. The summed E-state index contributed by atoms with van der Waals surface area (Å²) in [5, 5.41) is 2.56. The summed E-state index contributed by atoms with van der Waals surface area (Å²) in [7, 11) is 0. The first-order chi connectivity index (χ1) is 9.73. The second-order valence-electron chi connectivity index (χ2n) is 4.54. The van der Waals surface area contributed by atoms with Crippen molar-refractivity contribution in [1.82, 2.24) is 0 Å². The molecule has 0 aliphatic carbocycles. The molecule has 0 aliphatic heterocycles. The Morgan fingerprint density at radius 1 is 1.38 bits per heavy atom. The van der Waals surface area contributed by atoms with Gasteiger partial charge in [0.1, 0.15) is 6.04 Å². The highest BCUT2D eigenvalue weighted by atomic mass is 19.4. The fourth-order valence-electron chi connectivity index (χ4n) is 1.48. The number of aliphatic imine (C=N–C) groups is 1. The van der Waals surface area contributed by atoms with E-state index < -0.39 is 18.2 Å². The van der Waals surface area contributed by atoms with E-state index in [9.17, 15) is 13.2 Å². The van der Waals surface area contributed by atoms with Crippen LogP contribution in [0.15, 0.2) is 29.3 Å². The molecule has 0 heterocycles. The van der Waals surface area contributed by atoms with Gasteiger partial charge in [-0.15, -0.1) is 19.6 Å². The summed E-state index contributed by atoms with van der Waals surface area (Å²) in [5.41, 5.74) is 5.71. The van der Waals surface area contributed by atoms with E-state index in [1.807, 2.05) is 13.8 Å². The van der Waals surface area contributed by atoms with E-state index in [4.69, 9.17) is 12.2 Å². The number of guanidine groups is 1. The number of hydrogen-bond acceptors (Lipinski definition) is 2. The highest BCUT2D eigenvalue weighted by molar-refractivity contribution is 5.93. The molecule has 1 aromatic carbocycles. The van der Waals surface area contributed by atoms with E-state index in [1.165, 1.54) is 18.2 Å². The molecule has 0 radical (unpaired) electrons. The van der Waals surface area contributed by atoms with Gasteiger partial charge >= 0.3 is 6.36 Å². The van der Waals surface area contributed by atoms with Crippen LogP contribution in [-0.4, -0.2) is 18.4 Å². The lowest BCUT2D eigenvalue weighted by molar-refractivity contribution is -0.274. The Hall–Kier alpha value is -2.36. The summed E-state index contributed by atoms with van der Waals surface area (Å²) in [6, 6.07) is 5.06. The molecule has 0 fully saturated rings. The quantitative estimate of drug-likeness (QED) is 0.510. The number of para-hydroxylation sites is 2. The van der Waals surface area contributed by atoms with Gasteiger partial charge in [0.2, 0.25) is 0 Å². The molecule has 1 unspecified atom stereocenters. The van der Waals surface area contributed by atoms with Crippen LogP contribution in [0.4, 0.5) is 18.9 Å². The molecular formula is C14H16F3N3O. The number of benzene rings is 1. The number of nitrogens with one attached hydrogen (secondary N) is 1. The molecule has 1 atom stereocenters. The second-order valence-corrected chi connectivity index (χ2v) is 4.54. The number of halogens is 3. The molecule has 0 aromatic heterocycles. The van der Waals surface area contributed by atoms with E-state index in [-0.39, 0.29) is 17.6 Å². The number of nitrogens with zero attached hydrogens (tertiary/aromatic N) is 1. The van der Waals surface area contributed by atoms with E-state index in [1.54, 1.807) is 6.07 Å². The van der Waals surface area contributed by atoms with Crippen LogP contribution in [0.2, 0.25) is 0 Å². The molecule has 114 valence electrons. The maximum absolute atomic E-state index is 12.3. The van der Waals surface area contributed by atoms with Crippen molar-refractivity contribution in [3.8, 4) is 18.1 Å². The SMILES string of the molecule is C#CC(N=C(N)Nc1ccccc1OC(F)(F)F)C(C)C. The van der Waals surface area contributed by atoms with Crippen LogP contribution in [0.1, 0.15) is 13.8 Å². The number of rotatable bonds is 4. The van der Waals surface area contributed by atoms with E-state index >= 15 is 0 Å². The highest BCUT2D eigenvalue weighted by Gasteiger charge is 2.32. The van der Waals surface area contributed by atoms with Crippen molar-refractivity contribution in [3.63, 3.8) is 0 Å². The summed E-state index contributed by atoms with van der Waals surface area (Å²) in [6.07, 6.45) is 0.526. The standard InChI is InChI=1S/C14H16F3N3O/c1-4-10(9(2)3)19-13(18)20-11-7-5-6-8-12(11)21-14(15,16)17/h1,5-10H,2-3H3,(H3,18,19,20). The van der Waals surface area contributed by atoms with Crippen molar-refractivity contribution in [2.75, 3.05) is 5.32 Å². The predicted octanol–water partition coefficient (Wildman–Crippen LogP) is 2.97. The van der Waals surface area contributed by atoms with Gasteiger partial charge in [0, 0.05) is 0 Å². The lowest BCUT2D eigenvalue weighted by atomic mass is 10.1. The van der Waals surface area contributed by atoms with Gasteiger partial charge in [-0.1, -0.05) is 31.9 Å². The molecule has 7 heteroatoms. The van der Waals surface area contributed by atoms with Gasteiger partial charge in [0.25, 0.3) is 0 Å². The summed E-state index contributed by atoms with van der Waals surface area (Å²) in [5.74, 6) is 2.03. The van der Waals surface area contributed by atoms with Gasteiger partial charge in [-0.3, -0.25) is 0 Å². The molecule has 4 nitrogen and oxygen atoms in total. The van der Waals surface area contributed by atoms with Crippen molar-refractivity contribution in [2.24, 2.45) is 16.6 Å². The van der Waals surface area contributed by atoms with Crippen molar-refractivity contribution < 1.29 is 17.9 Å². The topological polar surface area (TPSA) is 59.6 Å². The lowest BCUT2D eigenvalue weighted by Crippen LogP contribution is -2.27. The highest BCUT2D eigenvalue weighted by Crippen LogP contribution is 2.29. The van der Waals surface area contributed by atoms with Crippen molar-refractivity contribution in [3.05, 3.63) is 24.3 Å². The van der Waals surface area contributed by atoms with Gasteiger partial charge in [-0.2, -0.15) is 0 Å². The summed E-state index contributed by atoms with van der Waals surface area (Å²) in [4.78, 5) is 4.04. The zero-order valence-corrected chi connectivity index (χ0v) is 11.6. The minimum Gasteiger partial charge on any atom is -0.404 e. The summed E-state index contributed by atoms with van der Waals surface area (Å²) >= 11 is 0. The molecule has 0 bridgehead atoms. The largest absolute Gasteiger partial charge is 0.573 e. The average molecular weight is 299 g/mol. The Labute approximate surface area is 121 Å². The maximum atomic E-state index is 12.3. The third kappa shape index (κ3) is 5.65. The molecular weight excluding hydrogens is 283 g/mol. The smallest absolute Gasteiger partial charge is 0.404 e. The van der Waals surface area contributed by atoms with Gasteiger partial charge in [-0.05, 0) is 18.1 Å². The van der Waals surface area contributed by atoms with Gasteiger partial charge in [0.05, 0.1) is 5.69 Å². The number of anilines is 1. The normalized spacial score (nSPS) is 13.7. The fraction of sp³-hybridized carbons (Fsp3) is 0.357. The third-order valence-corrected chi connectivity index (χ3v) is 2.46. The molecule has 0 amide bonds. The molecule has 0 spiro atoms. The van der Waals surface area contributed by atoms with Gasteiger partial charge < -0.3 is 15.8 Å². The lowest BCUT2D eigenvalue weighted by Gasteiger charge is -2.15. The van der Waals surface area contributed by atoms with Gasteiger partial charge in [-0.25, -0.2) is 4.99 Å². The molecule has 0 aliphatic rings. The minimum absolute atomic E-state index is 0.0515. The van der Waals surface area contributed by atoms with Crippen LogP contribution in [-0.2, 0) is 0 Å². The first-order valence-electron chi connectivity index (χ1n) is 6.14. The third-order valence-electron chi connectivity index (χ3n) is 2.46. The fourth-order valence-corrected chi connectivity index (χ4v) is 1.48. The zero-order chi connectivity index (χ0) is 16.0. The van der Waals surface area contributed by atoms with Crippen LogP contribution in [0.5, 0.6) is 5.75 Å². The molecule has 1 aromatic rings. The second kappa shape index (κ2) is 6.88. The number of nitrogens with two attached hydrogens (primary N) is 1. The average Bonchev–Trinajstić information content (AvgIpc) is 2.36. The van der Waals surface area contributed by atoms with Crippen LogP contribution in [0.3, 0.4) is 0 Å². The number of alkyl halides is 3. The maximum Gasteiger partial charge on any atom is 0.573 e. The predicted molar refractivity (Wildman–Crippen MR) is 75.8 cm³/mol. The van der Waals surface area contributed by atoms with Crippen molar-refractivity contribution in [2.45, 2.75) is 26.3 Å². The molecule has 0 saturated heterocycles. The number of ether oxygens (including phenoxy) is 1. The Kier molecular flexibility index (Phi) is 5.47. The molecule has 3 N–H and O–H groups in total. The summed E-state index contributed by atoms with van der Waals surface area (Å²) < 4.78 is 40.8. The Balaban J connectivity index is 2.93. The number of terminal acetylenes is 1. The molecule has 1 rings (SSSR count). The first-order valence-corrected chi connectivity index (χ1v) is 6.14. The number of hydrogen-bond donors (Lipinski definition) is 2. The van der Waals surface area contributed by atoms with Crippen LogP contribution in [0.25, 0.3) is 0 Å². The van der Waals surface area contributed by atoms with Crippen molar-refractivity contribution in [1.29, 1.82) is 0 Å².